The monoisotopic (exact) mass is 217 g/mol. The first kappa shape index (κ1) is 10.7. The van der Waals surface area contributed by atoms with Gasteiger partial charge in [0.05, 0.1) is 6.54 Å². The third-order valence-corrected chi connectivity index (χ3v) is 2.30. The molecule has 0 unspecified atom stereocenters. The molecule has 0 aliphatic heterocycles. The molecule has 4 heteroatoms. The number of nitrogen functional groups attached to an aromatic ring is 1. The van der Waals surface area contributed by atoms with Gasteiger partial charge in [0.1, 0.15) is 0 Å². The van der Waals surface area contributed by atoms with Gasteiger partial charge in [-0.2, -0.15) is 0 Å². The zero-order valence-electron chi connectivity index (χ0n) is 9.26. The minimum atomic E-state index is 0.433. The zero-order chi connectivity index (χ0) is 11.4. The number of hydrogen-bond acceptors (Lipinski definition) is 4. The summed E-state index contributed by atoms with van der Waals surface area (Å²) in [5.41, 5.74) is 6.76. The Labute approximate surface area is 94.6 Å². The number of rotatable bonds is 4. The average Bonchev–Trinajstić information content (AvgIpc) is 2.65. The number of hydrogen-bond donors (Lipinski definition) is 1. The van der Waals surface area contributed by atoms with E-state index in [1.165, 1.54) is 5.56 Å². The average molecular weight is 217 g/mol. The summed E-state index contributed by atoms with van der Waals surface area (Å²) in [6.45, 7) is 1.58. The highest BCUT2D eigenvalue weighted by Crippen LogP contribution is 2.09. The van der Waals surface area contributed by atoms with Gasteiger partial charge in [-0.1, -0.05) is 35.5 Å². The van der Waals surface area contributed by atoms with E-state index in [4.69, 9.17) is 10.3 Å². The molecule has 2 N–H and O–H groups in total. The molecule has 1 aromatic heterocycles. The van der Waals surface area contributed by atoms with Crippen LogP contribution < -0.4 is 5.73 Å². The fraction of sp³-hybridized carbons (Fsp3) is 0.250. The predicted octanol–water partition coefficient (Wildman–Crippen LogP) is 1.89. The Balaban J connectivity index is 1.92. The third kappa shape index (κ3) is 2.84. The van der Waals surface area contributed by atoms with E-state index in [9.17, 15) is 0 Å². The fourth-order valence-electron chi connectivity index (χ4n) is 1.62. The van der Waals surface area contributed by atoms with E-state index in [0.29, 0.717) is 12.4 Å². The Morgan fingerprint density at radius 3 is 2.62 bits per heavy atom. The van der Waals surface area contributed by atoms with Crippen LogP contribution in [-0.2, 0) is 13.1 Å². The fourth-order valence-corrected chi connectivity index (χ4v) is 1.62. The molecule has 84 valence electrons. The summed E-state index contributed by atoms with van der Waals surface area (Å²) in [6.07, 6.45) is 0. The van der Waals surface area contributed by atoms with Gasteiger partial charge < -0.3 is 10.3 Å². The molecule has 2 rings (SSSR count). The standard InChI is InChI=1S/C12H15N3O/c1-15(8-10-5-3-2-4-6-10)9-11-7-12(13)14-16-11/h2-7H,8-9H2,1H3,(H2,13,14). The van der Waals surface area contributed by atoms with Crippen molar-refractivity contribution in [2.45, 2.75) is 13.1 Å². The van der Waals surface area contributed by atoms with Crippen LogP contribution in [0.25, 0.3) is 0 Å². The van der Waals surface area contributed by atoms with E-state index in [2.05, 4.69) is 22.2 Å². The maximum Gasteiger partial charge on any atom is 0.167 e. The van der Waals surface area contributed by atoms with Gasteiger partial charge in [0.25, 0.3) is 0 Å². The molecule has 0 aliphatic carbocycles. The molecule has 1 aromatic carbocycles. The summed E-state index contributed by atoms with van der Waals surface area (Å²) in [5, 5.41) is 3.65. The maximum absolute atomic E-state index is 5.48. The van der Waals surface area contributed by atoms with E-state index in [1.807, 2.05) is 25.2 Å². The van der Waals surface area contributed by atoms with Crippen molar-refractivity contribution >= 4 is 5.82 Å². The van der Waals surface area contributed by atoms with Gasteiger partial charge in [-0.05, 0) is 12.6 Å². The first-order valence-electron chi connectivity index (χ1n) is 5.17. The molecular formula is C12H15N3O. The van der Waals surface area contributed by atoms with Gasteiger partial charge in [0.2, 0.25) is 0 Å². The third-order valence-electron chi connectivity index (χ3n) is 2.30. The number of benzene rings is 1. The number of nitrogens with two attached hydrogens (primary N) is 1. The Bertz CT molecular complexity index is 439. The molecular weight excluding hydrogens is 202 g/mol. The minimum Gasteiger partial charge on any atom is -0.381 e. The van der Waals surface area contributed by atoms with E-state index in [-0.39, 0.29) is 0 Å². The van der Waals surface area contributed by atoms with Crippen molar-refractivity contribution in [2.24, 2.45) is 0 Å². The Morgan fingerprint density at radius 2 is 2.00 bits per heavy atom. The second kappa shape index (κ2) is 4.81. The molecule has 0 bridgehead atoms. The number of anilines is 1. The van der Waals surface area contributed by atoms with E-state index >= 15 is 0 Å². The summed E-state index contributed by atoms with van der Waals surface area (Å²) in [7, 11) is 2.03. The van der Waals surface area contributed by atoms with E-state index in [1.54, 1.807) is 6.07 Å². The number of aromatic nitrogens is 1. The van der Waals surface area contributed by atoms with Crippen LogP contribution in [-0.4, -0.2) is 17.1 Å². The Kier molecular flexibility index (Phi) is 3.22. The van der Waals surface area contributed by atoms with E-state index < -0.39 is 0 Å². The topological polar surface area (TPSA) is 55.3 Å². The predicted molar refractivity (Wildman–Crippen MR) is 62.5 cm³/mol. The summed E-state index contributed by atoms with van der Waals surface area (Å²) in [6, 6.07) is 12.0. The highest BCUT2D eigenvalue weighted by molar-refractivity contribution is 5.26. The van der Waals surface area contributed by atoms with Gasteiger partial charge in [-0.3, -0.25) is 4.90 Å². The lowest BCUT2D eigenvalue weighted by Crippen LogP contribution is -2.16. The van der Waals surface area contributed by atoms with Crippen LogP contribution in [0.3, 0.4) is 0 Å². The molecule has 4 nitrogen and oxygen atoms in total. The SMILES string of the molecule is CN(Cc1ccccc1)Cc1cc(N)no1. The zero-order valence-corrected chi connectivity index (χ0v) is 9.26. The first-order chi connectivity index (χ1) is 7.74. The van der Waals surface area contributed by atoms with Crippen LogP contribution in [0.4, 0.5) is 5.82 Å². The summed E-state index contributed by atoms with van der Waals surface area (Å²) < 4.78 is 5.06. The van der Waals surface area contributed by atoms with Crippen LogP contribution in [0.5, 0.6) is 0 Å². The molecule has 0 saturated heterocycles. The van der Waals surface area contributed by atoms with Crippen molar-refractivity contribution in [3.63, 3.8) is 0 Å². The molecule has 0 amide bonds. The highest BCUT2D eigenvalue weighted by Gasteiger charge is 2.05. The molecule has 0 radical (unpaired) electrons. The second-order valence-corrected chi connectivity index (χ2v) is 3.88. The van der Waals surface area contributed by atoms with Crippen molar-refractivity contribution in [1.82, 2.24) is 10.1 Å². The molecule has 2 aromatic rings. The lowest BCUT2D eigenvalue weighted by molar-refractivity contribution is 0.267. The first-order valence-corrected chi connectivity index (χ1v) is 5.17. The van der Waals surface area contributed by atoms with Gasteiger partial charge >= 0.3 is 0 Å². The van der Waals surface area contributed by atoms with Crippen LogP contribution in [0, 0.1) is 0 Å². The number of nitrogens with zero attached hydrogens (tertiary/aromatic N) is 2. The summed E-state index contributed by atoms with van der Waals surface area (Å²) >= 11 is 0. The molecule has 0 saturated carbocycles. The molecule has 0 fully saturated rings. The second-order valence-electron chi connectivity index (χ2n) is 3.88. The van der Waals surface area contributed by atoms with Gasteiger partial charge in [-0.25, -0.2) is 0 Å². The van der Waals surface area contributed by atoms with E-state index in [0.717, 1.165) is 12.3 Å². The van der Waals surface area contributed by atoms with Crippen molar-refractivity contribution in [3.8, 4) is 0 Å². The van der Waals surface area contributed by atoms with Crippen LogP contribution in [0.15, 0.2) is 40.9 Å². The molecule has 0 atom stereocenters. The largest absolute Gasteiger partial charge is 0.381 e. The summed E-state index contributed by atoms with van der Waals surface area (Å²) in [5.74, 6) is 1.22. The lowest BCUT2D eigenvalue weighted by Gasteiger charge is -2.14. The molecule has 16 heavy (non-hydrogen) atoms. The van der Waals surface area contributed by atoms with Crippen molar-refractivity contribution < 1.29 is 4.52 Å². The smallest absolute Gasteiger partial charge is 0.167 e. The summed E-state index contributed by atoms with van der Waals surface area (Å²) in [4.78, 5) is 2.15. The van der Waals surface area contributed by atoms with Gasteiger partial charge in [0.15, 0.2) is 11.6 Å². The van der Waals surface area contributed by atoms with Crippen LogP contribution >= 0.6 is 0 Å². The maximum atomic E-state index is 5.48. The van der Waals surface area contributed by atoms with Gasteiger partial charge in [0, 0.05) is 12.6 Å². The van der Waals surface area contributed by atoms with Crippen molar-refractivity contribution in [1.29, 1.82) is 0 Å². The Morgan fingerprint density at radius 1 is 1.25 bits per heavy atom. The molecule has 0 aliphatic rings. The lowest BCUT2D eigenvalue weighted by atomic mass is 10.2. The highest BCUT2D eigenvalue weighted by atomic mass is 16.5. The van der Waals surface area contributed by atoms with Crippen molar-refractivity contribution in [3.05, 3.63) is 47.7 Å². The Hall–Kier alpha value is -1.81. The minimum absolute atomic E-state index is 0.433. The normalized spacial score (nSPS) is 10.9. The van der Waals surface area contributed by atoms with Gasteiger partial charge in [-0.15, -0.1) is 0 Å². The quantitative estimate of drug-likeness (QED) is 0.849. The molecule has 0 spiro atoms. The van der Waals surface area contributed by atoms with Crippen molar-refractivity contribution in [2.75, 3.05) is 12.8 Å². The molecule has 1 heterocycles. The van der Waals surface area contributed by atoms with Crippen LogP contribution in [0.2, 0.25) is 0 Å². The van der Waals surface area contributed by atoms with Crippen LogP contribution in [0.1, 0.15) is 11.3 Å².